The number of halogens is 2. The van der Waals surface area contributed by atoms with Gasteiger partial charge in [0, 0.05) is 19.2 Å². The zero-order valence-electron chi connectivity index (χ0n) is 6.38. The van der Waals surface area contributed by atoms with Crippen molar-refractivity contribution in [1.29, 1.82) is 0 Å². The highest BCUT2D eigenvalue weighted by atomic mass is 127. The van der Waals surface area contributed by atoms with Crippen molar-refractivity contribution in [1.82, 2.24) is 0 Å². The van der Waals surface area contributed by atoms with Gasteiger partial charge in [-0.3, -0.25) is 4.79 Å². The zero-order chi connectivity index (χ0) is 9.42. The van der Waals surface area contributed by atoms with Crippen LogP contribution in [0.2, 0.25) is 5.02 Å². The van der Waals surface area contributed by atoms with Crippen molar-refractivity contribution in [2.24, 2.45) is 0 Å². The number of hydrogen-bond donors (Lipinski definition) is 0. The quantitative estimate of drug-likeness (QED) is 0.573. The first-order valence-electron chi connectivity index (χ1n) is 3.54. The fourth-order valence-electron chi connectivity index (χ4n) is 1.20. The molecule has 0 aliphatic rings. The minimum atomic E-state index is 0.651. The Hall–Kier alpha value is -0.130. The molecular weight excluding hydrogens is 319 g/mol. The SMILES string of the molecule is O=Cc1c(I)c(Cl)cc2sccc12. The van der Waals surface area contributed by atoms with Crippen LogP contribution in [0.25, 0.3) is 10.1 Å². The van der Waals surface area contributed by atoms with Gasteiger partial charge in [0.15, 0.2) is 6.29 Å². The molecule has 0 N–H and O–H groups in total. The Balaban J connectivity index is 2.95. The van der Waals surface area contributed by atoms with E-state index in [9.17, 15) is 4.79 Å². The van der Waals surface area contributed by atoms with Gasteiger partial charge in [0.25, 0.3) is 0 Å². The highest BCUT2D eigenvalue weighted by Gasteiger charge is 2.09. The van der Waals surface area contributed by atoms with Crippen molar-refractivity contribution in [2.75, 3.05) is 0 Å². The summed E-state index contributed by atoms with van der Waals surface area (Å²) < 4.78 is 1.90. The van der Waals surface area contributed by atoms with Gasteiger partial charge in [-0.05, 0) is 40.1 Å². The molecule has 1 aromatic carbocycles. The lowest BCUT2D eigenvalue weighted by atomic mass is 10.1. The van der Waals surface area contributed by atoms with E-state index < -0.39 is 0 Å². The van der Waals surface area contributed by atoms with E-state index in [1.54, 1.807) is 11.3 Å². The lowest BCUT2D eigenvalue weighted by molar-refractivity contribution is 0.112. The third-order valence-electron chi connectivity index (χ3n) is 1.81. The van der Waals surface area contributed by atoms with Gasteiger partial charge in [-0.15, -0.1) is 11.3 Å². The minimum Gasteiger partial charge on any atom is -0.298 e. The molecule has 0 aliphatic heterocycles. The van der Waals surface area contributed by atoms with E-state index in [1.807, 2.05) is 17.5 Å². The molecular formula is C9H4ClIOS. The monoisotopic (exact) mass is 322 g/mol. The number of thiophene rings is 1. The second-order valence-electron chi connectivity index (χ2n) is 2.54. The molecule has 0 saturated carbocycles. The summed E-state index contributed by atoms with van der Waals surface area (Å²) in [5, 5.41) is 3.61. The standard InChI is InChI=1S/C9H4ClIOS/c10-7-3-8-5(1-2-13-8)6(4-12)9(7)11/h1-4H. The van der Waals surface area contributed by atoms with Crippen molar-refractivity contribution < 1.29 is 4.79 Å². The first kappa shape index (κ1) is 9.43. The summed E-state index contributed by atoms with van der Waals surface area (Å²) in [6.07, 6.45) is 0.864. The summed E-state index contributed by atoms with van der Waals surface area (Å²) >= 11 is 9.65. The number of rotatable bonds is 1. The van der Waals surface area contributed by atoms with Gasteiger partial charge in [0.05, 0.1) is 5.02 Å². The summed E-state index contributed by atoms with van der Waals surface area (Å²) in [6.45, 7) is 0. The zero-order valence-corrected chi connectivity index (χ0v) is 10.1. The first-order chi connectivity index (χ1) is 6.24. The molecule has 13 heavy (non-hydrogen) atoms. The summed E-state index contributed by atoms with van der Waals surface area (Å²) in [7, 11) is 0. The van der Waals surface area contributed by atoms with Gasteiger partial charge < -0.3 is 0 Å². The number of carbonyl (C=O) groups is 1. The third-order valence-corrected chi connectivity index (χ3v) is 4.45. The number of aldehydes is 1. The molecule has 0 saturated heterocycles. The average molecular weight is 323 g/mol. The summed E-state index contributed by atoms with van der Waals surface area (Å²) in [6, 6.07) is 3.85. The van der Waals surface area contributed by atoms with Gasteiger partial charge in [-0.25, -0.2) is 0 Å². The molecule has 1 heterocycles. The lowest BCUT2D eigenvalue weighted by Gasteiger charge is -2.00. The molecule has 2 aromatic rings. The molecule has 66 valence electrons. The summed E-state index contributed by atoms with van der Waals surface area (Å²) in [5.41, 5.74) is 0.698. The van der Waals surface area contributed by atoms with Gasteiger partial charge in [0.2, 0.25) is 0 Å². The Bertz CT molecular complexity index is 478. The molecule has 2 rings (SSSR count). The molecule has 0 spiro atoms. The van der Waals surface area contributed by atoms with E-state index in [4.69, 9.17) is 11.6 Å². The van der Waals surface area contributed by atoms with Crippen LogP contribution in [0.4, 0.5) is 0 Å². The maximum Gasteiger partial charge on any atom is 0.151 e. The van der Waals surface area contributed by atoms with Crippen LogP contribution in [-0.4, -0.2) is 6.29 Å². The predicted molar refractivity (Wildman–Crippen MR) is 64.9 cm³/mol. The molecule has 1 nitrogen and oxygen atoms in total. The van der Waals surface area contributed by atoms with Crippen LogP contribution in [-0.2, 0) is 0 Å². The van der Waals surface area contributed by atoms with E-state index in [2.05, 4.69) is 22.6 Å². The van der Waals surface area contributed by atoms with Gasteiger partial charge >= 0.3 is 0 Å². The topological polar surface area (TPSA) is 17.1 Å². The fourth-order valence-corrected chi connectivity index (χ4v) is 2.89. The van der Waals surface area contributed by atoms with Gasteiger partial charge in [-0.2, -0.15) is 0 Å². The first-order valence-corrected chi connectivity index (χ1v) is 5.88. The Morgan fingerprint density at radius 2 is 2.31 bits per heavy atom. The molecule has 0 fully saturated rings. The van der Waals surface area contributed by atoms with Crippen LogP contribution in [0.15, 0.2) is 17.5 Å². The molecule has 0 aliphatic carbocycles. The fraction of sp³-hybridized carbons (Fsp3) is 0. The van der Waals surface area contributed by atoms with Crippen LogP contribution >= 0.6 is 45.5 Å². The predicted octanol–water partition coefficient (Wildman–Crippen LogP) is 3.97. The van der Waals surface area contributed by atoms with Gasteiger partial charge in [-0.1, -0.05) is 11.6 Å². The number of fused-ring (bicyclic) bond motifs is 1. The van der Waals surface area contributed by atoms with Crippen LogP contribution in [0.5, 0.6) is 0 Å². The van der Waals surface area contributed by atoms with Crippen molar-refractivity contribution in [3.63, 3.8) is 0 Å². The number of carbonyl (C=O) groups excluding carboxylic acids is 1. The van der Waals surface area contributed by atoms with Crippen molar-refractivity contribution in [3.05, 3.63) is 31.7 Å². The Morgan fingerprint density at radius 3 is 3.00 bits per heavy atom. The molecule has 0 amide bonds. The van der Waals surface area contributed by atoms with Crippen molar-refractivity contribution in [3.8, 4) is 0 Å². The smallest absolute Gasteiger partial charge is 0.151 e. The van der Waals surface area contributed by atoms with Crippen molar-refractivity contribution >= 4 is 61.9 Å². The van der Waals surface area contributed by atoms with Crippen LogP contribution in [0, 0.1) is 3.57 Å². The summed E-state index contributed by atoms with van der Waals surface area (Å²) in [5.74, 6) is 0. The second-order valence-corrected chi connectivity index (χ2v) is 4.97. The molecule has 4 heteroatoms. The van der Waals surface area contributed by atoms with Crippen molar-refractivity contribution in [2.45, 2.75) is 0 Å². The number of hydrogen-bond acceptors (Lipinski definition) is 2. The maximum absolute atomic E-state index is 10.8. The second kappa shape index (κ2) is 3.55. The van der Waals surface area contributed by atoms with Crippen LogP contribution in [0.3, 0.4) is 0 Å². The van der Waals surface area contributed by atoms with E-state index in [0.29, 0.717) is 10.6 Å². The Morgan fingerprint density at radius 1 is 1.54 bits per heavy atom. The van der Waals surface area contributed by atoms with E-state index in [0.717, 1.165) is 19.9 Å². The highest BCUT2D eigenvalue weighted by molar-refractivity contribution is 14.1. The largest absolute Gasteiger partial charge is 0.298 e. The molecule has 0 unspecified atom stereocenters. The number of benzene rings is 1. The maximum atomic E-state index is 10.8. The molecule has 0 radical (unpaired) electrons. The minimum absolute atomic E-state index is 0.651. The lowest BCUT2D eigenvalue weighted by Crippen LogP contribution is -1.87. The third kappa shape index (κ3) is 1.49. The van der Waals surface area contributed by atoms with Crippen LogP contribution < -0.4 is 0 Å². The van der Waals surface area contributed by atoms with Crippen LogP contribution in [0.1, 0.15) is 10.4 Å². The average Bonchev–Trinajstić information content (AvgIpc) is 2.54. The van der Waals surface area contributed by atoms with E-state index >= 15 is 0 Å². The normalized spacial score (nSPS) is 10.6. The Kier molecular flexibility index (Phi) is 2.58. The van der Waals surface area contributed by atoms with Gasteiger partial charge in [0.1, 0.15) is 0 Å². The summed E-state index contributed by atoms with van der Waals surface area (Å²) in [4.78, 5) is 10.8. The van der Waals surface area contributed by atoms with E-state index in [-0.39, 0.29) is 0 Å². The molecule has 0 atom stereocenters. The van der Waals surface area contributed by atoms with E-state index in [1.165, 1.54) is 0 Å². The highest BCUT2D eigenvalue weighted by Crippen LogP contribution is 2.32. The molecule has 1 aromatic heterocycles. The Labute approximate surface area is 97.8 Å². The molecule has 0 bridgehead atoms.